The Hall–Kier alpha value is -1.39. The summed E-state index contributed by atoms with van der Waals surface area (Å²) in [5.41, 5.74) is 1.08. The quantitative estimate of drug-likeness (QED) is 0.924. The lowest BCUT2D eigenvalue weighted by molar-refractivity contribution is -0.187. The minimum atomic E-state index is -0.335. The third kappa shape index (κ3) is 3.11. The van der Waals surface area contributed by atoms with Crippen molar-refractivity contribution in [3.8, 4) is 0 Å². The number of rotatable bonds is 3. The van der Waals surface area contributed by atoms with Crippen LogP contribution in [0.15, 0.2) is 30.3 Å². The summed E-state index contributed by atoms with van der Waals surface area (Å²) < 4.78 is 5.76. The summed E-state index contributed by atoms with van der Waals surface area (Å²) >= 11 is 0. The number of amides is 1. The number of ether oxygens (including phenoxy) is 1. The van der Waals surface area contributed by atoms with Crippen molar-refractivity contribution >= 4 is 5.91 Å². The molecule has 3 atom stereocenters. The molecule has 0 aliphatic carbocycles. The maximum absolute atomic E-state index is 12.4. The van der Waals surface area contributed by atoms with E-state index in [1.54, 1.807) is 0 Å². The molecule has 3 saturated heterocycles. The number of hydrogen-bond acceptors (Lipinski definition) is 3. The van der Waals surface area contributed by atoms with Crippen molar-refractivity contribution in [3.63, 3.8) is 0 Å². The first-order valence-electron chi connectivity index (χ1n) is 7.67. The summed E-state index contributed by atoms with van der Waals surface area (Å²) in [6, 6.07) is 11.1. The predicted molar refractivity (Wildman–Crippen MR) is 81.8 cm³/mol. The lowest BCUT2D eigenvalue weighted by Crippen LogP contribution is -2.70. The van der Waals surface area contributed by atoms with Crippen LogP contribution in [-0.2, 0) is 16.1 Å². The molecule has 1 aromatic rings. The Bertz CT molecular complexity index is 507. The van der Waals surface area contributed by atoms with Gasteiger partial charge >= 0.3 is 0 Å². The third-order valence-corrected chi connectivity index (χ3v) is 4.19. The molecule has 3 aliphatic rings. The molecule has 0 saturated carbocycles. The van der Waals surface area contributed by atoms with Crippen LogP contribution in [0.25, 0.3) is 0 Å². The minimum absolute atomic E-state index is 0.0173. The highest BCUT2D eigenvalue weighted by Crippen LogP contribution is 2.36. The summed E-state index contributed by atoms with van der Waals surface area (Å²) in [4.78, 5) is 14.8. The Kier molecular flexibility index (Phi) is 3.76. The maximum atomic E-state index is 12.4. The molecular weight excluding hydrogens is 264 g/mol. The average Bonchev–Trinajstić information content (AvgIpc) is 2.44. The maximum Gasteiger partial charge on any atom is 0.251 e. The van der Waals surface area contributed by atoms with Gasteiger partial charge in [0.05, 0.1) is 6.61 Å². The van der Waals surface area contributed by atoms with E-state index in [1.165, 1.54) is 5.56 Å². The highest BCUT2D eigenvalue weighted by molar-refractivity contribution is 5.82. The topological polar surface area (TPSA) is 41.6 Å². The molecule has 3 heterocycles. The van der Waals surface area contributed by atoms with Crippen molar-refractivity contribution in [2.75, 3.05) is 6.61 Å². The van der Waals surface area contributed by atoms with E-state index in [9.17, 15) is 4.79 Å². The molecule has 1 aromatic carbocycles. The highest BCUT2D eigenvalue weighted by Gasteiger charge is 2.50. The van der Waals surface area contributed by atoms with Gasteiger partial charge in [-0.1, -0.05) is 30.3 Å². The first kappa shape index (κ1) is 14.5. The second-order valence-corrected chi connectivity index (χ2v) is 7.11. The average molecular weight is 288 g/mol. The van der Waals surface area contributed by atoms with E-state index in [0.717, 1.165) is 13.0 Å². The SMILES string of the molecule is CC(C)(C)NC(=O)[C@H]1OC[C@@H]2C[C@H]1N2Cc1ccccc1. The first-order chi connectivity index (χ1) is 9.94. The highest BCUT2D eigenvalue weighted by atomic mass is 16.5. The number of carbonyl (C=O) groups excluding carboxylic acids is 1. The van der Waals surface area contributed by atoms with Gasteiger partial charge in [0.2, 0.25) is 0 Å². The monoisotopic (exact) mass is 288 g/mol. The van der Waals surface area contributed by atoms with E-state index in [1.807, 2.05) is 26.8 Å². The molecular formula is C17H24N2O2. The number of morpholine rings is 1. The van der Waals surface area contributed by atoms with Gasteiger partial charge in [0.15, 0.2) is 6.10 Å². The fraction of sp³-hybridized carbons (Fsp3) is 0.588. The molecule has 0 spiro atoms. The van der Waals surface area contributed by atoms with Gasteiger partial charge in [-0.15, -0.1) is 0 Å². The van der Waals surface area contributed by atoms with Crippen molar-refractivity contribution < 1.29 is 9.53 Å². The van der Waals surface area contributed by atoms with Crippen molar-refractivity contribution in [2.24, 2.45) is 0 Å². The Morgan fingerprint density at radius 2 is 2.05 bits per heavy atom. The second kappa shape index (κ2) is 5.43. The molecule has 1 amide bonds. The predicted octanol–water partition coefficient (Wildman–Crippen LogP) is 1.94. The third-order valence-electron chi connectivity index (χ3n) is 4.19. The van der Waals surface area contributed by atoms with Gasteiger partial charge in [0.1, 0.15) is 0 Å². The zero-order valence-corrected chi connectivity index (χ0v) is 13.0. The van der Waals surface area contributed by atoms with Crippen LogP contribution in [0.2, 0.25) is 0 Å². The zero-order valence-electron chi connectivity index (χ0n) is 13.0. The molecule has 0 aromatic heterocycles. The van der Waals surface area contributed by atoms with E-state index in [-0.39, 0.29) is 23.6 Å². The van der Waals surface area contributed by atoms with Gasteiger partial charge < -0.3 is 10.1 Å². The van der Waals surface area contributed by atoms with Crippen LogP contribution in [0.1, 0.15) is 32.8 Å². The van der Waals surface area contributed by atoms with Crippen LogP contribution in [0, 0.1) is 0 Å². The van der Waals surface area contributed by atoms with E-state index in [2.05, 4.69) is 34.5 Å². The second-order valence-electron chi connectivity index (χ2n) is 7.11. The molecule has 21 heavy (non-hydrogen) atoms. The Morgan fingerprint density at radius 3 is 2.67 bits per heavy atom. The Morgan fingerprint density at radius 1 is 1.33 bits per heavy atom. The van der Waals surface area contributed by atoms with Gasteiger partial charge in [-0.3, -0.25) is 9.69 Å². The van der Waals surface area contributed by atoms with Gasteiger partial charge in [-0.25, -0.2) is 0 Å². The van der Waals surface area contributed by atoms with Crippen LogP contribution >= 0.6 is 0 Å². The van der Waals surface area contributed by atoms with Gasteiger partial charge in [-0.05, 0) is 32.8 Å². The van der Waals surface area contributed by atoms with Crippen LogP contribution in [0.3, 0.4) is 0 Å². The molecule has 2 bridgehead atoms. The molecule has 4 nitrogen and oxygen atoms in total. The number of carbonyl (C=O) groups is 1. The van der Waals surface area contributed by atoms with Crippen LogP contribution in [0.4, 0.5) is 0 Å². The molecule has 0 radical (unpaired) electrons. The van der Waals surface area contributed by atoms with Crippen molar-refractivity contribution in [1.82, 2.24) is 10.2 Å². The molecule has 114 valence electrons. The summed E-state index contributed by atoms with van der Waals surface area (Å²) in [5, 5.41) is 3.04. The molecule has 3 aliphatic heterocycles. The Balaban J connectivity index is 1.65. The van der Waals surface area contributed by atoms with E-state index >= 15 is 0 Å². The number of nitrogens with zero attached hydrogens (tertiary/aromatic N) is 1. The zero-order chi connectivity index (χ0) is 15.0. The number of fused-ring (bicyclic) bond motifs is 2. The lowest BCUT2D eigenvalue weighted by Gasteiger charge is -2.55. The summed E-state index contributed by atoms with van der Waals surface area (Å²) in [6.07, 6.45) is 0.729. The Labute approximate surface area is 126 Å². The minimum Gasteiger partial charge on any atom is -0.365 e. The van der Waals surface area contributed by atoms with Crippen molar-refractivity contribution in [1.29, 1.82) is 0 Å². The summed E-state index contributed by atoms with van der Waals surface area (Å²) in [5.74, 6) is 0.0173. The summed E-state index contributed by atoms with van der Waals surface area (Å²) in [6.45, 7) is 7.56. The number of nitrogens with one attached hydrogen (secondary N) is 1. The van der Waals surface area contributed by atoms with Gasteiger partial charge in [0.25, 0.3) is 5.91 Å². The normalized spacial score (nSPS) is 28.8. The van der Waals surface area contributed by atoms with E-state index in [0.29, 0.717) is 12.6 Å². The smallest absolute Gasteiger partial charge is 0.251 e. The van der Waals surface area contributed by atoms with E-state index in [4.69, 9.17) is 4.74 Å². The molecule has 3 fully saturated rings. The largest absolute Gasteiger partial charge is 0.365 e. The van der Waals surface area contributed by atoms with E-state index < -0.39 is 0 Å². The van der Waals surface area contributed by atoms with Crippen LogP contribution in [0.5, 0.6) is 0 Å². The first-order valence-corrected chi connectivity index (χ1v) is 7.67. The lowest BCUT2D eigenvalue weighted by atomic mass is 9.85. The fourth-order valence-corrected chi connectivity index (χ4v) is 3.20. The summed E-state index contributed by atoms with van der Waals surface area (Å²) in [7, 11) is 0. The van der Waals surface area contributed by atoms with Crippen LogP contribution < -0.4 is 5.32 Å². The molecule has 1 N–H and O–H groups in total. The molecule has 4 heteroatoms. The molecule has 0 unspecified atom stereocenters. The van der Waals surface area contributed by atoms with Crippen molar-refractivity contribution in [2.45, 2.75) is 57.5 Å². The fourth-order valence-electron chi connectivity index (χ4n) is 3.20. The number of hydrogen-bond donors (Lipinski definition) is 1. The van der Waals surface area contributed by atoms with Gasteiger partial charge in [0, 0.05) is 24.2 Å². The number of benzene rings is 1. The molecule has 4 rings (SSSR count). The van der Waals surface area contributed by atoms with Crippen molar-refractivity contribution in [3.05, 3.63) is 35.9 Å². The standard InChI is InChI=1S/C17H24N2O2/c1-17(2,3)18-16(20)15-14-9-13(11-21-15)19(14)10-12-7-5-4-6-8-12/h4-8,13-15H,9-11H2,1-3H3,(H,18,20)/t13-,14+,15-/m0/s1. The van der Waals surface area contributed by atoms with Crippen LogP contribution in [-0.4, -0.2) is 41.1 Å². The van der Waals surface area contributed by atoms with Gasteiger partial charge in [-0.2, -0.15) is 0 Å².